The van der Waals surface area contributed by atoms with E-state index in [4.69, 9.17) is 9.47 Å². The molecule has 2 N–H and O–H groups in total. The van der Waals surface area contributed by atoms with Gasteiger partial charge in [-0.15, -0.1) is 0 Å². The lowest BCUT2D eigenvalue weighted by molar-refractivity contribution is -0.117. The van der Waals surface area contributed by atoms with Gasteiger partial charge in [-0.25, -0.2) is 17.8 Å². The van der Waals surface area contributed by atoms with E-state index >= 15 is 0 Å². The molecule has 2 aromatic carbocycles. The van der Waals surface area contributed by atoms with Crippen molar-refractivity contribution < 1.29 is 27.1 Å². The van der Waals surface area contributed by atoms with Crippen LogP contribution in [-0.2, 0) is 14.8 Å². The predicted octanol–water partition coefficient (Wildman–Crippen LogP) is 2.51. The fourth-order valence-electron chi connectivity index (χ4n) is 2.74. The Morgan fingerprint density at radius 1 is 1.21 bits per heavy atom. The number of carbonyl (C=O) groups excluding carboxylic acids is 1. The third-order valence-electron chi connectivity index (χ3n) is 4.13. The molecular weight excluding hydrogens is 421 g/mol. The first-order chi connectivity index (χ1) is 13.8. The highest BCUT2D eigenvalue weighted by molar-refractivity contribution is 7.89. The Morgan fingerprint density at radius 3 is 2.62 bits per heavy atom. The number of aromatic nitrogens is 1. The van der Waals surface area contributed by atoms with Crippen LogP contribution >= 0.6 is 11.3 Å². The molecule has 0 spiro atoms. The maximum absolute atomic E-state index is 13.8. The molecular formula is C18H16FN3O5S2. The van der Waals surface area contributed by atoms with Crippen LogP contribution in [-0.4, -0.2) is 38.6 Å². The summed E-state index contributed by atoms with van der Waals surface area (Å²) in [5.74, 6) is -0.331. The average Bonchev–Trinajstić information content (AvgIpc) is 3.06. The molecule has 0 bridgehead atoms. The van der Waals surface area contributed by atoms with E-state index in [2.05, 4.69) is 15.0 Å². The lowest BCUT2D eigenvalue weighted by Gasteiger charge is -2.17. The quantitative estimate of drug-likeness (QED) is 0.635. The van der Waals surface area contributed by atoms with E-state index in [1.54, 1.807) is 12.1 Å². The molecule has 29 heavy (non-hydrogen) atoms. The Kier molecular flexibility index (Phi) is 5.11. The van der Waals surface area contributed by atoms with Crippen molar-refractivity contribution in [2.45, 2.75) is 17.9 Å². The fraction of sp³-hybridized carbons (Fsp3) is 0.222. The number of hydrogen-bond donors (Lipinski definition) is 2. The third kappa shape index (κ3) is 4.02. The minimum Gasteiger partial charge on any atom is -0.486 e. The predicted molar refractivity (Wildman–Crippen MR) is 105 cm³/mol. The van der Waals surface area contributed by atoms with Crippen LogP contribution in [0.4, 0.5) is 9.52 Å². The van der Waals surface area contributed by atoms with Crippen LogP contribution in [0.1, 0.15) is 6.92 Å². The SMILES string of the molecule is C[C@H](NS(=O)(=O)c1ccccc1F)C(=O)Nc1nc2cc3c(cc2s1)OCCO3. The number of anilines is 1. The van der Waals surface area contributed by atoms with Crippen molar-refractivity contribution in [3.63, 3.8) is 0 Å². The van der Waals surface area contributed by atoms with E-state index in [1.165, 1.54) is 30.4 Å². The number of carbonyl (C=O) groups is 1. The molecule has 11 heteroatoms. The minimum absolute atomic E-state index is 0.296. The molecule has 3 aromatic rings. The molecule has 0 radical (unpaired) electrons. The van der Waals surface area contributed by atoms with Gasteiger partial charge in [0, 0.05) is 12.1 Å². The van der Waals surface area contributed by atoms with Crippen molar-refractivity contribution >= 4 is 42.6 Å². The lowest BCUT2D eigenvalue weighted by atomic mass is 10.3. The number of thiazole rings is 1. The summed E-state index contributed by atoms with van der Waals surface area (Å²) in [5, 5.41) is 2.87. The monoisotopic (exact) mass is 437 g/mol. The van der Waals surface area contributed by atoms with Gasteiger partial charge in [0.1, 0.15) is 23.9 Å². The van der Waals surface area contributed by atoms with Gasteiger partial charge in [0.2, 0.25) is 15.9 Å². The van der Waals surface area contributed by atoms with Gasteiger partial charge in [0.25, 0.3) is 0 Å². The van der Waals surface area contributed by atoms with Crippen LogP contribution in [0.3, 0.4) is 0 Å². The second-order valence-corrected chi connectivity index (χ2v) is 8.96. The third-order valence-corrected chi connectivity index (χ3v) is 6.64. The topological polar surface area (TPSA) is 107 Å². The second kappa shape index (κ2) is 7.58. The molecule has 2 heterocycles. The first kappa shape index (κ1) is 19.6. The summed E-state index contributed by atoms with van der Waals surface area (Å²) in [6.45, 7) is 2.27. The first-order valence-electron chi connectivity index (χ1n) is 8.61. The standard InChI is InChI=1S/C18H16FN3O5S2/c1-10(22-29(24,25)16-5-3-2-4-11(16)19)17(23)21-18-20-12-8-13-14(9-15(12)28-18)27-7-6-26-13/h2-5,8-10,22H,6-7H2,1H3,(H,20,21,23)/t10-/m0/s1. The molecule has 152 valence electrons. The Hall–Kier alpha value is -2.76. The van der Waals surface area contributed by atoms with E-state index in [-0.39, 0.29) is 0 Å². The molecule has 1 aromatic heterocycles. The van der Waals surface area contributed by atoms with Crippen molar-refractivity contribution in [1.29, 1.82) is 0 Å². The number of benzene rings is 2. The van der Waals surface area contributed by atoms with Gasteiger partial charge in [0.05, 0.1) is 16.3 Å². The molecule has 4 rings (SSSR count). The number of nitrogens with one attached hydrogen (secondary N) is 2. The normalized spacial score (nSPS) is 14.6. The van der Waals surface area contributed by atoms with Crippen molar-refractivity contribution in [1.82, 2.24) is 9.71 Å². The molecule has 0 aliphatic carbocycles. The Bertz CT molecular complexity index is 1150. The first-order valence-corrected chi connectivity index (χ1v) is 10.9. The number of hydrogen-bond acceptors (Lipinski definition) is 7. The zero-order valence-electron chi connectivity index (χ0n) is 15.1. The van der Waals surface area contributed by atoms with Crippen molar-refractivity contribution in [3.05, 3.63) is 42.2 Å². The smallest absolute Gasteiger partial charge is 0.244 e. The van der Waals surface area contributed by atoms with Crippen molar-refractivity contribution in [3.8, 4) is 11.5 Å². The summed E-state index contributed by atoms with van der Waals surface area (Å²) < 4.78 is 52.4. The van der Waals surface area contributed by atoms with E-state index in [9.17, 15) is 17.6 Å². The summed E-state index contributed by atoms with van der Waals surface area (Å²) in [5.41, 5.74) is 0.620. The Balaban J connectivity index is 1.49. The van der Waals surface area contributed by atoms with Crippen LogP contribution in [0.5, 0.6) is 11.5 Å². The zero-order chi connectivity index (χ0) is 20.6. The second-order valence-electron chi connectivity index (χ2n) is 6.25. The van der Waals surface area contributed by atoms with Gasteiger partial charge in [0.15, 0.2) is 16.6 Å². The van der Waals surface area contributed by atoms with Crippen LogP contribution in [0.15, 0.2) is 41.3 Å². The van der Waals surface area contributed by atoms with E-state index in [0.29, 0.717) is 35.4 Å². The zero-order valence-corrected chi connectivity index (χ0v) is 16.8. The van der Waals surface area contributed by atoms with E-state index < -0.39 is 32.7 Å². The number of ether oxygens (including phenoxy) is 2. The Labute approximate surface area is 169 Å². The van der Waals surface area contributed by atoms with Gasteiger partial charge in [-0.2, -0.15) is 4.72 Å². The van der Waals surface area contributed by atoms with Gasteiger partial charge >= 0.3 is 0 Å². The molecule has 0 fully saturated rings. The minimum atomic E-state index is -4.20. The summed E-state index contributed by atoms with van der Waals surface area (Å²) in [6, 6.07) is 7.30. The largest absolute Gasteiger partial charge is 0.486 e. The summed E-state index contributed by atoms with van der Waals surface area (Å²) >= 11 is 1.22. The van der Waals surface area contributed by atoms with Crippen LogP contribution in [0, 0.1) is 5.82 Å². The van der Waals surface area contributed by atoms with E-state index in [0.717, 1.165) is 16.8 Å². The molecule has 1 aliphatic heterocycles. The van der Waals surface area contributed by atoms with Crippen LogP contribution < -0.4 is 19.5 Å². The molecule has 1 amide bonds. The van der Waals surface area contributed by atoms with Gasteiger partial charge in [-0.05, 0) is 19.1 Å². The molecule has 8 nitrogen and oxygen atoms in total. The van der Waals surface area contributed by atoms with E-state index in [1.807, 2.05) is 0 Å². The number of halogens is 1. The number of rotatable bonds is 5. The number of nitrogens with zero attached hydrogens (tertiary/aromatic N) is 1. The summed E-state index contributed by atoms with van der Waals surface area (Å²) in [4.78, 5) is 16.2. The molecule has 0 unspecified atom stereocenters. The molecule has 0 saturated heterocycles. The highest BCUT2D eigenvalue weighted by Crippen LogP contribution is 2.37. The van der Waals surface area contributed by atoms with Gasteiger partial charge < -0.3 is 14.8 Å². The fourth-order valence-corrected chi connectivity index (χ4v) is 4.91. The summed E-state index contributed by atoms with van der Waals surface area (Å²) in [7, 11) is -4.20. The number of sulfonamides is 1. The molecule has 0 saturated carbocycles. The highest BCUT2D eigenvalue weighted by atomic mass is 32.2. The van der Waals surface area contributed by atoms with Crippen LogP contribution in [0.2, 0.25) is 0 Å². The summed E-state index contributed by atoms with van der Waals surface area (Å²) in [6.07, 6.45) is 0. The van der Waals surface area contributed by atoms with Gasteiger partial charge in [-0.3, -0.25) is 4.79 Å². The maximum Gasteiger partial charge on any atom is 0.244 e. The van der Waals surface area contributed by atoms with Crippen molar-refractivity contribution in [2.24, 2.45) is 0 Å². The lowest BCUT2D eigenvalue weighted by Crippen LogP contribution is -2.41. The number of fused-ring (bicyclic) bond motifs is 2. The highest BCUT2D eigenvalue weighted by Gasteiger charge is 2.25. The number of amides is 1. The Morgan fingerprint density at radius 2 is 1.90 bits per heavy atom. The maximum atomic E-state index is 13.8. The average molecular weight is 437 g/mol. The molecule has 1 aliphatic rings. The van der Waals surface area contributed by atoms with Gasteiger partial charge in [-0.1, -0.05) is 23.5 Å². The van der Waals surface area contributed by atoms with Crippen molar-refractivity contribution in [2.75, 3.05) is 18.5 Å². The molecule has 1 atom stereocenters. The van der Waals surface area contributed by atoms with Crippen LogP contribution in [0.25, 0.3) is 10.2 Å².